The van der Waals surface area contributed by atoms with E-state index in [0.717, 1.165) is 16.9 Å². The van der Waals surface area contributed by atoms with E-state index < -0.39 is 5.91 Å². The summed E-state index contributed by atoms with van der Waals surface area (Å²) < 4.78 is 5.92. The van der Waals surface area contributed by atoms with Crippen molar-refractivity contribution in [2.24, 2.45) is 5.16 Å². The van der Waals surface area contributed by atoms with E-state index in [2.05, 4.69) is 10.6 Å². The number of carbonyl (C=O) groups is 1. The molecule has 0 aliphatic heterocycles. The molecule has 144 valence electrons. The minimum atomic E-state index is -0.434. The predicted molar refractivity (Wildman–Crippen MR) is 103 cm³/mol. The average Bonchev–Trinajstić information content (AvgIpc) is 2.66. The van der Waals surface area contributed by atoms with Gasteiger partial charge in [-0.1, -0.05) is 47.6 Å². The van der Waals surface area contributed by atoms with Crippen molar-refractivity contribution in [1.82, 2.24) is 10.4 Å². The quantitative estimate of drug-likeness (QED) is 0.519. The third-order valence-electron chi connectivity index (χ3n) is 3.87. The van der Waals surface area contributed by atoms with Crippen LogP contribution in [-0.2, 0) is 16.2 Å². The van der Waals surface area contributed by atoms with Crippen LogP contribution in [0.25, 0.3) is 0 Å². The van der Waals surface area contributed by atoms with Crippen LogP contribution < -0.4 is 10.2 Å². The van der Waals surface area contributed by atoms with Crippen LogP contribution in [0.1, 0.15) is 16.7 Å². The molecule has 0 aliphatic rings. The molecule has 0 aliphatic carbocycles. The molecule has 27 heavy (non-hydrogen) atoms. The van der Waals surface area contributed by atoms with Gasteiger partial charge in [0.15, 0.2) is 5.71 Å². The number of hydrazine groups is 1. The number of aliphatic hydroxyl groups is 1. The zero-order chi connectivity index (χ0) is 19.6. The first kappa shape index (κ1) is 20.4. The SMILES string of the molecule is CON=C(C(=O)NN(C)CCO)c1ccccc1COc1ccccc1C. The summed E-state index contributed by atoms with van der Waals surface area (Å²) in [6.45, 7) is 2.48. The van der Waals surface area contributed by atoms with Gasteiger partial charge in [0.05, 0.1) is 6.61 Å². The summed E-state index contributed by atoms with van der Waals surface area (Å²) in [6, 6.07) is 15.1. The fraction of sp³-hybridized carbons (Fsp3) is 0.300. The molecule has 0 radical (unpaired) electrons. The Balaban J connectivity index is 2.23. The Labute approximate surface area is 159 Å². The van der Waals surface area contributed by atoms with Crippen LogP contribution in [0.4, 0.5) is 0 Å². The van der Waals surface area contributed by atoms with Gasteiger partial charge in [-0.15, -0.1) is 0 Å². The van der Waals surface area contributed by atoms with E-state index in [4.69, 9.17) is 14.7 Å². The number of para-hydroxylation sites is 1. The second-order valence-electron chi connectivity index (χ2n) is 5.92. The fourth-order valence-corrected chi connectivity index (χ4v) is 2.49. The molecular formula is C20H25N3O4. The standard InChI is InChI=1S/C20H25N3O4/c1-15-8-4-7-11-18(15)27-14-16-9-5-6-10-17(16)19(22-26-3)20(25)21-23(2)12-13-24/h4-11,24H,12-14H2,1-3H3,(H,21,25). The molecule has 7 heteroatoms. The lowest BCUT2D eigenvalue weighted by Crippen LogP contribution is -2.44. The number of carbonyl (C=O) groups excluding carboxylic acids is 1. The third kappa shape index (κ3) is 5.80. The smallest absolute Gasteiger partial charge is 0.288 e. The summed E-state index contributed by atoms with van der Waals surface area (Å²) in [4.78, 5) is 17.5. The number of aliphatic hydroxyl groups excluding tert-OH is 1. The van der Waals surface area contributed by atoms with Crippen molar-refractivity contribution in [3.05, 3.63) is 65.2 Å². The first-order valence-corrected chi connectivity index (χ1v) is 8.57. The van der Waals surface area contributed by atoms with E-state index in [1.165, 1.54) is 12.1 Å². The second kappa shape index (κ2) is 10.3. The topological polar surface area (TPSA) is 83.4 Å². The molecule has 2 rings (SSSR count). The number of aryl methyl sites for hydroxylation is 1. The van der Waals surface area contributed by atoms with Crippen LogP contribution in [0.2, 0.25) is 0 Å². The van der Waals surface area contributed by atoms with E-state index in [9.17, 15) is 4.79 Å². The summed E-state index contributed by atoms with van der Waals surface area (Å²) in [6.07, 6.45) is 0. The van der Waals surface area contributed by atoms with E-state index >= 15 is 0 Å². The van der Waals surface area contributed by atoms with Crippen molar-refractivity contribution in [3.63, 3.8) is 0 Å². The van der Waals surface area contributed by atoms with Crippen molar-refractivity contribution in [2.45, 2.75) is 13.5 Å². The molecular weight excluding hydrogens is 346 g/mol. The maximum absolute atomic E-state index is 12.6. The van der Waals surface area contributed by atoms with Gasteiger partial charge in [0, 0.05) is 19.2 Å². The number of hydrogen-bond acceptors (Lipinski definition) is 6. The molecule has 2 aromatic carbocycles. The molecule has 0 aromatic heterocycles. The van der Waals surface area contributed by atoms with Crippen LogP contribution in [0.5, 0.6) is 5.75 Å². The summed E-state index contributed by atoms with van der Waals surface area (Å²) in [5.74, 6) is 0.348. The monoisotopic (exact) mass is 371 g/mol. The van der Waals surface area contributed by atoms with Crippen LogP contribution in [-0.4, -0.2) is 49.0 Å². The van der Waals surface area contributed by atoms with Crippen molar-refractivity contribution >= 4 is 11.6 Å². The molecule has 2 aromatic rings. The molecule has 0 heterocycles. The van der Waals surface area contributed by atoms with Crippen LogP contribution in [0.15, 0.2) is 53.7 Å². The van der Waals surface area contributed by atoms with Gasteiger partial charge in [0.1, 0.15) is 19.5 Å². The lowest BCUT2D eigenvalue weighted by molar-refractivity contribution is -0.119. The maximum atomic E-state index is 12.6. The minimum Gasteiger partial charge on any atom is -0.489 e. The molecule has 2 N–H and O–H groups in total. The predicted octanol–water partition coefficient (Wildman–Crippen LogP) is 1.88. The van der Waals surface area contributed by atoms with Gasteiger partial charge in [-0.2, -0.15) is 0 Å². The van der Waals surface area contributed by atoms with Gasteiger partial charge in [0.2, 0.25) is 0 Å². The van der Waals surface area contributed by atoms with E-state index in [1.54, 1.807) is 13.1 Å². The highest BCUT2D eigenvalue weighted by Gasteiger charge is 2.20. The molecule has 0 fully saturated rings. The number of amides is 1. The lowest BCUT2D eigenvalue weighted by atomic mass is 10.0. The number of hydrogen-bond donors (Lipinski definition) is 2. The number of nitrogens with one attached hydrogen (secondary N) is 1. The molecule has 0 unspecified atom stereocenters. The highest BCUT2D eigenvalue weighted by Crippen LogP contribution is 2.19. The molecule has 0 atom stereocenters. The lowest BCUT2D eigenvalue weighted by Gasteiger charge is -2.18. The summed E-state index contributed by atoms with van der Waals surface area (Å²) in [5.41, 5.74) is 5.24. The molecule has 0 spiro atoms. The Hall–Kier alpha value is -2.90. The Morgan fingerprint density at radius 3 is 2.59 bits per heavy atom. The fourth-order valence-electron chi connectivity index (χ4n) is 2.49. The van der Waals surface area contributed by atoms with Gasteiger partial charge in [-0.3, -0.25) is 10.2 Å². The van der Waals surface area contributed by atoms with Gasteiger partial charge >= 0.3 is 0 Å². The maximum Gasteiger partial charge on any atom is 0.288 e. The summed E-state index contributed by atoms with van der Waals surface area (Å²) in [7, 11) is 3.04. The molecule has 7 nitrogen and oxygen atoms in total. The molecule has 1 amide bonds. The van der Waals surface area contributed by atoms with Crippen molar-refractivity contribution in [3.8, 4) is 5.75 Å². The van der Waals surface area contributed by atoms with E-state index in [0.29, 0.717) is 12.1 Å². The second-order valence-corrected chi connectivity index (χ2v) is 5.92. The van der Waals surface area contributed by atoms with Gasteiger partial charge in [-0.25, -0.2) is 5.01 Å². The number of ether oxygens (including phenoxy) is 1. The highest BCUT2D eigenvalue weighted by atomic mass is 16.6. The Kier molecular flexibility index (Phi) is 7.79. The largest absolute Gasteiger partial charge is 0.489 e. The normalized spacial score (nSPS) is 11.4. The van der Waals surface area contributed by atoms with Crippen LogP contribution in [0.3, 0.4) is 0 Å². The first-order chi connectivity index (χ1) is 13.1. The number of benzene rings is 2. The van der Waals surface area contributed by atoms with Crippen molar-refractivity contribution in [2.75, 3.05) is 27.3 Å². The van der Waals surface area contributed by atoms with E-state index in [1.807, 2.05) is 49.4 Å². The number of oxime groups is 1. The highest BCUT2D eigenvalue weighted by molar-refractivity contribution is 6.45. The zero-order valence-electron chi connectivity index (χ0n) is 15.8. The summed E-state index contributed by atoms with van der Waals surface area (Å²) >= 11 is 0. The van der Waals surface area contributed by atoms with Crippen LogP contribution in [0, 0.1) is 6.92 Å². The Morgan fingerprint density at radius 2 is 1.89 bits per heavy atom. The third-order valence-corrected chi connectivity index (χ3v) is 3.87. The zero-order valence-corrected chi connectivity index (χ0v) is 15.8. The summed E-state index contributed by atoms with van der Waals surface area (Å²) in [5, 5.41) is 14.4. The number of nitrogens with zero attached hydrogens (tertiary/aromatic N) is 2. The van der Waals surface area contributed by atoms with Crippen LogP contribution >= 0.6 is 0 Å². The van der Waals surface area contributed by atoms with Crippen molar-refractivity contribution in [1.29, 1.82) is 0 Å². The first-order valence-electron chi connectivity index (χ1n) is 8.57. The number of rotatable bonds is 9. The molecule has 0 saturated heterocycles. The Morgan fingerprint density at radius 1 is 1.19 bits per heavy atom. The minimum absolute atomic E-state index is 0.0750. The van der Waals surface area contributed by atoms with Gasteiger partial charge in [0.25, 0.3) is 5.91 Å². The Bertz CT molecular complexity index is 792. The van der Waals surface area contributed by atoms with E-state index in [-0.39, 0.29) is 18.9 Å². The van der Waals surface area contributed by atoms with Gasteiger partial charge < -0.3 is 14.7 Å². The molecule has 0 saturated carbocycles. The average molecular weight is 371 g/mol. The van der Waals surface area contributed by atoms with Gasteiger partial charge in [-0.05, 0) is 24.1 Å². The number of likely N-dealkylation sites (N-methyl/N-ethyl adjacent to an activating group) is 1. The van der Waals surface area contributed by atoms with Crippen molar-refractivity contribution < 1.29 is 19.5 Å². The molecule has 0 bridgehead atoms.